The summed E-state index contributed by atoms with van der Waals surface area (Å²) < 4.78 is 0. The standard InChI is InChI=1S/C16H14N2/c1-3-8-13(4-2)15(11-17)16(12-18)14-9-6-5-7-10-14/h3-10H,1-2H3/b8-3-,13-4+,16-15+. The molecule has 88 valence electrons. The minimum absolute atomic E-state index is 0.407. The Kier molecular flexibility index (Phi) is 5.16. The Morgan fingerprint density at radius 3 is 2.17 bits per heavy atom. The second-order valence-electron chi connectivity index (χ2n) is 3.58. The second-order valence-corrected chi connectivity index (χ2v) is 3.58. The van der Waals surface area contributed by atoms with Gasteiger partial charge in [-0.15, -0.1) is 0 Å². The molecule has 0 atom stereocenters. The first-order valence-electron chi connectivity index (χ1n) is 5.67. The van der Waals surface area contributed by atoms with Gasteiger partial charge < -0.3 is 0 Å². The summed E-state index contributed by atoms with van der Waals surface area (Å²) in [6.07, 6.45) is 5.52. The van der Waals surface area contributed by atoms with Crippen LogP contribution in [0.2, 0.25) is 0 Å². The molecular weight excluding hydrogens is 220 g/mol. The second kappa shape index (κ2) is 6.89. The van der Waals surface area contributed by atoms with Crippen molar-refractivity contribution in [1.82, 2.24) is 0 Å². The summed E-state index contributed by atoms with van der Waals surface area (Å²) in [4.78, 5) is 0. The van der Waals surface area contributed by atoms with Gasteiger partial charge in [-0.05, 0) is 25.0 Å². The molecule has 0 radical (unpaired) electrons. The van der Waals surface area contributed by atoms with Gasteiger partial charge in [0.15, 0.2) is 0 Å². The first-order valence-corrected chi connectivity index (χ1v) is 5.67. The zero-order chi connectivity index (χ0) is 13.4. The number of allylic oxidation sites excluding steroid dienone is 6. The van der Waals surface area contributed by atoms with Crippen LogP contribution in [0.1, 0.15) is 19.4 Å². The Morgan fingerprint density at radius 2 is 1.72 bits per heavy atom. The topological polar surface area (TPSA) is 47.6 Å². The summed E-state index contributed by atoms with van der Waals surface area (Å²) in [6.45, 7) is 3.74. The highest BCUT2D eigenvalue weighted by molar-refractivity contribution is 5.85. The number of hydrogen-bond acceptors (Lipinski definition) is 2. The summed E-state index contributed by atoms with van der Waals surface area (Å²) in [6, 6.07) is 13.5. The number of nitrogens with zero attached hydrogens (tertiary/aromatic N) is 2. The molecule has 0 saturated heterocycles. The number of rotatable bonds is 3. The van der Waals surface area contributed by atoms with E-state index in [9.17, 15) is 10.5 Å². The summed E-state index contributed by atoms with van der Waals surface area (Å²) in [7, 11) is 0. The molecule has 0 heterocycles. The van der Waals surface area contributed by atoms with Crippen LogP contribution in [-0.2, 0) is 0 Å². The molecule has 0 bridgehead atoms. The Bertz CT molecular complexity index is 576. The van der Waals surface area contributed by atoms with Gasteiger partial charge in [0.05, 0.1) is 11.1 Å². The van der Waals surface area contributed by atoms with E-state index in [-0.39, 0.29) is 0 Å². The lowest BCUT2D eigenvalue weighted by Gasteiger charge is -2.04. The van der Waals surface area contributed by atoms with Crippen LogP contribution in [0.4, 0.5) is 0 Å². The molecule has 2 nitrogen and oxygen atoms in total. The van der Waals surface area contributed by atoms with Gasteiger partial charge in [-0.25, -0.2) is 0 Å². The minimum Gasteiger partial charge on any atom is -0.192 e. The van der Waals surface area contributed by atoms with Crippen LogP contribution >= 0.6 is 0 Å². The molecule has 0 aliphatic carbocycles. The zero-order valence-corrected chi connectivity index (χ0v) is 10.5. The fraction of sp³-hybridized carbons (Fsp3) is 0.125. The predicted molar refractivity (Wildman–Crippen MR) is 73.2 cm³/mol. The summed E-state index contributed by atoms with van der Waals surface area (Å²) in [5, 5.41) is 18.6. The minimum atomic E-state index is 0.407. The maximum absolute atomic E-state index is 9.28. The van der Waals surface area contributed by atoms with Gasteiger partial charge in [-0.2, -0.15) is 10.5 Å². The van der Waals surface area contributed by atoms with Gasteiger partial charge in [-0.1, -0.05) is 48.6 Å². The van der Waals surface area contributed by atoms with E-state index >= 15 is 0 Å². The normalized spacial score (nSPS) is 12.8. The molecule has 1 rings (SSSR count). The van der Waals surface area contributed by atoms with Crippen LogP contribution in [0, 0.1) is 22.7 Å². The monoisotopic (exact) mass is 234 g/mol. The fourth-order valence-electron chi connectivity index (χ4n) is 1.64. The van der Waals surface area contributed by atoms with Crippen LogP contribution in [0.25, 0.3) is 5.57 Å². The van der Waals surface area contributed by atoms with Gasteiger partial charge in [0.2, 0.25) is 0 Å². The van der Waals surface area contributed by atoms with Gasteiger partial charge in [0.1, 0.15) is 12.1 Å². The molecule has 0 saturated carbocycles. The van der Waals surface area contributed by atoms with Crippen molar-refractivity contribution in [1.29, 1.82) is 10.5 Å². The molecule has 1 aromatic rings. The summed E-state index contributed by atoms with van der Waals surface area (Å²) in [5.74, 6) is 0. The van der Waals surface area contributed by atoms with Crippen LogP contribution in [0.3, 0.4) is 0 Å². The zero-order valence-electron chi connectivity index (χ0n) is 10.5. The Labute approximate surface area is 108 Å². The molecule has 0 spiro atoms. The molecule has 0 aliphatic rings. The first-order chi connectivity index (χ1) is 8.78. The van der Waals surface area contributed by atoms with Gasteiger partial charge in [-0.3, -0.25) is 0 Å². The predicted octanol–water partition coefficient (Wildman–Crippen LogP) is 4.01. The summed E-state index contributed by atoms with van der Waals surface area (Å²) in [5.41, 5.74) is 2.34. The largest absolute Gasteiger partial charge is 0.192 e. The fourth-order valence-corrected chi connectivity index (χ4v) is 1.64. The molecule has 0 amide bonds. The third kappa shape index (κ3) is 2.97. The van der Waals surface area contributed by atoms with E-state index < -0.39 is 0 Å². The lowest BCUT2D eigenvalue weighted by molar-refractivity contribution is 1.43. The van der Waals surface area contributed by atoms with E-state index in [0.29, 0.717) is 11.1 Å². The number of nitriles is 2. The lowest BCUT2D eigenvalue weighted by Crippen LogP contribution is -1.91. The van der Waals surface area contributed by atoms with Crippen molar-refractivity contribution in [2.24, 2.45) is 0 Å². The Hall–Kier alpha value is -2.58. The maximum atomic E-state index is 9.28. The van der Waals surface area contributed by atoms with Crippen molar-refractivity contribution < 1.29 is 0 Å². The van der Waals surface area contributed by atoms with Crippen LogP contribution in [0.15, 0.2) is 59.7 Å². The molecular formula is C16H14N2. The van der Waals surface area contributed by atoms with Crippen molar-refractivity contribution in [3.05, 3.63) is 65.3 Å². The molecule has 0 fully saturated rings. The first kappa shape index (κ1) is 13.5. The highest BCUT2D eigenvalue weighted by Gasteiger charge is 2.10. The van der Waals surface area contributed by atoms with Crippen LogP contribution in [0.5, 0.6) is 0 Å². The van der Waals surface area contributed by atoms with Gasteiger partial charge >= 0.3 is 0 Å². The number of benzene rings is 1. The lowest BCUT2D eigenvalue weighted by atomic mass is 9.96. The van der Waals surface area contributed by atoms with E-state index in [1.54, 1.807) is 0 Å². The highest BCUT2D eigenvalue weighted by Crippen LogP contribution is 2.23. The SMILES string of the molecule is C\C=C/C(=C\C)C(/C#N)=C(\C#N)c1ccccc1. The Morgan fingerprint density at radius 1 is 1.06 bits per heavy atom. The third-order valence-electron chi connectivity index (χ3n) is 2.48. The van der Waals surface area contributed by atoms with Crippen LogP contribution < -0.4 is 0 Å². The maximum Gasteiger partial charge on any atom is 0.101 e. The molecule has 0 unspecified atom stereocenters. The highest BCUT2D eigenvalue weighted by atomic mass is 14.3. The van der Waals surface area contributed by atoms with E-state index in [4.69, 9.17) is 0 Å². The van der Waals surface area contributed by atoms with E-state index in [1.807, 2.05) is 62.4 Å². The van der Waals surface area contributed by atoms with Crippen LogP contribution in [-0.4, -0.2) is 0 Å². The summed E-state index contributed by atoms with van der Waals surface area (Å²) >= 11 is 0. The molecule has 0 N–H and O–H groups in total. The number of hydrogen-bond donors (Lipinski definition) is 0. The van der Waals surface area contributed by atoms with E-state index in [2.05, 4.69) is 12.1 Å². The van der Waals surface area contributed by atoms with Gasteiger partial charge in [0.25, 0.3) is 0 Å². The van der Waals surface area contributed by atoms with Crippen molar-refractivity contribution >= 4 is 5.57 Å². The van der Waals surface area contributed by atoms with E-state index in [1.165, 1.54) is 0 Å². The van der Waals surface area contributed by atoms with E-state index in [0.717, 1.165) is 11.1 Å². The van der Waals surface area contributed by atoms with Crippen molar-refractivity contribution in [2.45, 2.75) is 13.8 Å². The molecule has 0 aromatic heterocycles. The Balaban J connectivity index is 3.47. The molecule has 1 aromatic carbocycles. The average Bonchev–Trinajstić information content (AvgIpc) is 2.43. The molecule has 18 heavy (non-hydrogen) atoms. The quantitative estimate of drug-likeness (QED) is 0.586. The van der Waals surface area contributed by atoms with Crippen molar-refractivity contribution in [3.63, 3.8) is 0 Å². The van der Waals surface area contributed by atoms with Crippen molar-refractivity contribution in [3.8, 4) is 12.1 Å². The smallest absolute Gasteiger partial charge is 0.101 e. The van der Waals surface area contributed by atoms with Crippen molar-refractivity contribution in [2.75, 3.05) is 0 Å². The molecule has 2 heteroatoms. The van der Waals surface area contributed by atoms with Gasteiger partial charge in [0, 0.05) is 0 Å². The molecule has 0 aliphatic heterocycles. The third-order valence-corrected chi connectivity index (χ3v) is 2.48. The average molecular weight is 234 g/mol.